The lowest BCUT2D eigenvalue weighted by molar-refractivity contribution is -0.115. The van der Waals surface area contributed by atoms with Crippen LogP contribution in [0.2, 0.25) is 0 Å². The summed E-state index contributed by atoms with van der Waals surface area (Å²) < 4.78 is 5.69. The highest BCUT2D eigenvalue weighted by molar-refractivity contribution is 8.00. The lowest BCUT2D eigenvalue weighted by Gasteiger charge is -2.16. The largest absolute Gasteiger partial charge is 0.494 e. The van der Waals surface area contributed by atoms with Crippen molar-refractivity contribution in [3.05, 3.63) is 96.6 Å². The quantitative estimate of drug-likeness (QED) is 0.159. The molecule has 5 nitrogen and oxygen atoms in total. The molecule has 0 bridgehead atoms. The molecule has 1 unspecified atom stereocenters. The minimum atomic E-state index is -0.271. The van der Waals surface area contributed by atoms with E-state index in [0.29, 0.717) is 24.3 Å². The van der Waals surface area contributed by atoms with Crippen LogP contribution in [-0.4, -0.2) is 23.7 Å². The van der Waals surface area contributed by atoms with Gasteiger partial charge in [-0.3, -0.25) is 9.59 Å². The Morgan fingerprint density at radius 2 is 1.59 bits per heavy atom. The molecule has 0 heterocycles. The topological polar surface area (TPSA) is 67.4 Å². The maximum absolute atomic E-state index is 13.0. The van der Waals surface area contributed by atoms with Crippen molar-refractivity contribution in [2.45, 2.75) is 43.3 Å². The molecule has 37 heavy (non-hydrogen) atoms. The number of benzene rings is 4. The van der Waals surface area contributed by atoms with E-state index >= 15 is 0 Å². The summed E-state index contributed by atoms with van der Waals surface area (Å²) in [5.74, 6) is 0.577. The number of hydrogen-bond donors (Lipinski definition) is 2. The third kappa shape index (κ3) is 7.37. The van der Waals surface area contributed by atoms with E-state index in [1.165, 1.54) is 11.8 Å². The molecule has 2 N–H and O–H groups in total. The SMILES string of the molecule is CCCCOc1ccc(NC(=O)C(CC)Sc2cccc(NC(=O)c3ccc4ccccc4c3)c2)cc1. The molecule has 0 aliphatic carbocycles. The summed E-state index contributed by atoms with van der Waals surface area (Å²) in [5.41, 5.74) is 2.03. The molecule has 0 fully saturated rings. The molecule has 6 heteroatoms. The molecule has 4 rings (SSSR count). The standard InChI is InChI=1S/C31H32N2O3S/c1-3-5-19-36-27-17-15-25(16-18-27)32-31(35)29(4-2)37-28-12-8-11-26(21-28)33-30(34)24-14-13-22-9-6-7-10-23(22)20-24/h6-18,20-21,29H,3-5,19H2,1-2H3,(H,32,35)(H,33,34). The highest BCUT2D eigenvalue weighted by atomic mass is 32.2. The number of fused-ring (bicyclic) bond motifs is 1. The van der Waals surface area contributed by atoms with Gasteiger partial charge in [-0.15, -0.1) is 11.8 Å². The van der Waals surface area contributed by atoms with E-state index < -0.39 is 0 Å². The zero-order chi connectivity index (χ0) is 26.0. The van der Waals surface area contributed by atoms with Crippen LogP contribution in [0.1, 0.15) is 43.5 Å². The molecule has 0 aromatic heterocycles. The Labute approximate surface area is 222 Å². The third-order valence-electron chi connectivity index (χ3n) is 5.93. The summed E-state index contributed by atoms with van der Waals surface area (Å²) in [6.45, 7) is 4.81. The molecule has 190 valence electrons. The molecular weight excluding hydrogens is 480 g/mol. The molecule has 4 aromatic carbocycles. The molecule has 0 aliphatic heterocycles. The maximum atomic E-state index is 13.0. The second kappa shape index (κ2) is 13.0. The van der Waals surface area contributed by atoms with Crippen LogP contribution in [0.5, 0.6) is 5.75 Å². The number of nitrogens with one attached hydrogen (secondary N) is 2. The van der Waals surface area contributed by atoms with Crippen molar-refractivity contribution >= 4 is 45.7 Å². The van der Waals surface area contributed by atoms with Gasteiger partial charge in [0, 0.05) is 21.8 Å². The van der Waals surface area contributed by atoms with Gasteiger partial charge < -0.3 is 15.4 Å². The molecule has 1 atom stereocenters. The number of ether oxygens (including phenoxy) is 1. The van der Waals surface area contributed by atoms with E-state index in [4.69, 9.17) is 4.74 Å². The predicted molar refractivity (Wildman–Crippen MR) is 154 cm³/mol. The molecule has 4 aromatic rings. The lowest BCUT2D eigenvalue weighted by Crippen LogP contribution is -2.24. The second-order valence-electron chi connectivity index (χ2n) is 8.77. The van der Waals surface area contributed by atoms with Gasteiger partial charge in [0.25, 0.3) is 5.91 Å². The summed E-state index contributed by atoms with van der Waals surface area (Å²) in [5, 5.41) is 7.83. The molecule has 0 saturated carbocycles. The lowest BCUT2D eigenvalue weighted by atomic mass is 10.1. The van der Waals surface area contributed by atoms with Gasteiger partial charge in [0.1, 0.15) is 5.75 Å². The molecule has 0 spiro atoms. The van der Waals surface area contributed by atoms with Gasteiger partial charge in [-0.1, -0.05) is 56.7 Å². The van der Waals surface area contributed by atoms with Gasteiger partial charge >= 0.3 is 0 Å². The monoisotopic (exact) mass is 512 g/mol. The molecule has 0 saturated heterocycles. The Morgan fingerprint density at radius 1 is 0.811 bits per heavy atom. The molecule has 2 amide bonds. The zero-order valence-electron chi connectivity index (χ0n) is 21.2. The summed E-state index contributed by atoms with van der Waals surface area (Å²) in [6.07, 6.45) is 2.77. The van der Waals surface area contributed by atoms with Crippen molar-refractivity contribution in [1.29, 1.82) is 0 Å². The summed E-state index contributed by atoms with van der Waals surface area (Å²) in [6, 6.07) is 28.7. The van der Waals surface area contributed by atoms with Crippen molar-refractivity contribution in [1.82, 2.24) is 0 Å². The number of hydrogen-bond acceptors (Lipinski definition) is 4. The highest BCUT2D eigenvalue weighted by Gasteiger charge is 2.18. The van der Waals surface area contributed by atoms with Crippen LogP contribution >= 0.6 is 11.8 Å². The molecular formula is C31H32N2O3S. The number of rotatable bonds is 11. The van der Waals surface area contributed by atoms with Crippen molar-refractivity contribution < 1.29 is 14.3 Å². The average Bonchev–Trinajstić information content (AvgIpc) is 2.92. The Morgan fingerprint density at radius 3 is 2.35 bits per heavy atom. The first kappa shape index (κ1) is 26.3. The highest BCUT2D eigenvalue weighted by Crippen LogP contribution is 2.29. The van der Waals surface area contributed by atoms with E-state index in [-0.39, 0.29) is 17.1 Å². The summed E-state index contributed by atoms with van der Waals surface area (Å²) in [4.78, 5) is 26.7. The molecule has 0 radical (unpaired) electrons. The number of unbranched alkanes of at least 4 members (excludes halogenated alkanes) is 1. The number of anilines is 2. The first-order valence-electron chi connectivity index (χ1n) is 12.7. The zero-order valence-corrected chi connectivity index (χ0v) is 22.0. The van der Waals surface area contributed by atoms with Gasteiger partial charge in [0.05, 0.1) is 11.9 Å². The van der Waals surface area contributed by atoms with Crippen LogP contribution in [0.15, 0.2) is 95.9 Å². The fourth-order valence-electron chi connectivity index (χ4n) is 3.86. The van der Waals surface area contributed by atoms with Crippen LogP contribution in [-0.2, 0) is 4.79 Å². The fraction of sp³-hybridized carbons (Fsp3) is 0.226. The first-order chi connectivity index (χ1) is 18.1. The van der Waals surface area contributed by atoms with E-state index in [9.17, 15) is 9.59 Å². The van der Waals surface area contributed by atoms with Gasteiger partial charge in [-0.05, 0) is 78.2 Å². The normalized spacial score (nSPS) is 11.6. The van der Waals surface area contributed by atoms with Crippen molar-refractivity contribution in [2.24, 2.45) is 0 Å². The van der Waals surface area contributed by atoms with E-state index in [2.05, 4.69) is 17.6 Å². The smallest absolute Gasteiger partial charge is 0.255 e. The van der Waals surface area contributed by atoms with Gasteiger partial charge in [0.15, 0.2) is 0 Å². The van der Waals surface area contributed by atoms with Crippen molar-refractivity contribution in [2.75, 3.05) is 17.2 Å². The minimum absolute atomic E-state index is 0.0576. The van der Waals surface area contributed by atoms with Crippen LogP contribution in [0.3, 0.4) is 0 Å². The Bertz CT molecular complexity index is 1350. The first-order valence-corrected chi connectivity index (χ1v) is 13.5. The minimum Gasteiger partial charge on any atom is -0.494 e. The summed E-state index contributed by atoms with van der Waals surface area (Å²) in [7, 11) is 0. The Balaban J connectivity index is 1.36. The number of carbonyl (C=O) groups excluding carboxylic acids is 2. The number of carbonyl (C=O) groups is 2. The molecule has 0 aliphatic rings. The van der Waals surface area contributed by atoms with Crippen LogP contribution in [0, 0.1) is 0 Å². The van der Waals surface area contributed by atoms with Crippen molar-refractivity contribution in [3.8, 4) is 5.75 Å². The maximum Gasteiger partial charge on any atom is 0.255 e. The van der Waals surface area contributed by atoms with Crippen LogP contribution < -0.4 is 15.4 Å². The van der Waals surface area contributed by atoms with Gasteiger partial charge in [-0.25, -0.2) is 0 Å². The van der Waals surface area contributed by atoms with Gasteiger partial charge in [-0.2, -0.15) is 0 Å². The Kier molecular flexibility index (Phi) is 9.22. The number of thioether (sulfide) groups is 1. The predicted octanol–water partition coefficient (Wildman–Crippen LogP) is 7.78. The van der Waals surface area contributed by atoms with Gasteiger partial charge in [0.2, 0.25) is 5.91 Å². The van der Waals surface area contributed by atoms with E-state index in [0.717, 1.165) is 39.9 Å². The fourth-order valence-corrected chi connectivity index (χ4v) is 4.87. The van der Waals surface area contributed by atoms with Crippen molar-refractivity contribution in [3.63, 3.8) is 0 Å². The van der Waals surface area contributed by atoms with E-state index in [1.807, 2.05) is 97.9 Å². The van der Waals surface area contributed by atoms with Crippen LogP contribution in [0.25, 0.3) is 10.8 Å². The second-order valence-corrected chi connectivity index (χ2v) is 10.1. The Hall–Kier alpha value is -3.77. The summed E-state index contributed by atoms with van der Waals surface area (Å²) >= 11 is 1.48. The van der Waals surface area contributed by atoms with E-state index in [1.54, 1.807) is 0 Å². The third-order valence-corrected chi connectivity index (χ3v) is 7.29. The number of amides is 2. The average molecular weight is 513 g/mol. The van der Waals surface area contributed by atoms with Crippen LogP contribution in [0.4, 0.5) is 11.4 Å².